The molecule has 0 saturated heterocycles. The van der Waals surface area contributed by atoms with Gasteiger partial charge in [0.1, 0.15) is 5.75 Å². The summed E-state index contributed by atoms with van der Waals surface area (Å²) in [4.78, 5) is 31.5. The molecule has 8 nitrogen and oxygen atoms in total. The summed E-state index contributed by atoms with van der Waals surface area (Å²) in [7, 11) is 1.61. The number of ketones is 1. The Hall–Kier alpha value is -3.66. The summed E-state index contributed by atoms with van der Waals surface area (Å²) in [5.41, 5.74) is -1.44. The van der Waals surface area contributed by atoms with Crippen LogP contribution in [0.3, 0.4) is 0 Å². The Morgan fingerprint density at radius 3 is 2.48 bits per heavy atom. The predicted octanol–water partition coefficient (Wildman–Crippen LogP) is 7.90. The highest BCUT2D eigenvalue weighted by molar-refractivity contribution is 7.09. The number of hydrogen-bond acceptors (Lipinski definition) is 7. The van der Waals surface area contributed by atoms with E-state index in [2.05, 4.69) is 43.5 Å². The van der Waals surface area contributed by atoms with Gasteiger partial charge >= 0.3 is 6.03 Å². The van der Waals surface area contributed by atoms with Crippen molar-refractivity contribution < 1.29 is 29.0 Å². The molecule has 3 aromatic rings. The van der Waals surface area contributed by atoms with Gasteiger partial charge in [-0.3, -0.25) is 4.79 Å². The maximum atomic E-state index is 14.5. The second-order valence-corrected chi connectivity index (χ2v) is 17.1. The molecule has 1 unspecified atom stereocenters. The molecule has 0 aliphatic heterocycles. The number of fused-ring (bicyclic) bond motifs is 1. The molecule has 1 aromatic carbocycles. The Morgan fingerprint density at radius 2 is 1.76 bits per heavy atom. The molecular formula is C41H48N2O6S. The van der Waals surface area contributed by atoms with Crippen LogP contribution in [-0.4, -0.2) is 58.8 Å². The van der Waals surface area contributed by atoms with Crippen LogP contribution in [0.25, 0.3) is 0 Å². The fraction of sp³-hybridized carbons (Fsp3) is 0.512. The van der Waals surface area contributed by atoms with Gasteiger partial charge in [-0.2, -0.15) is 0 Å². The van der Waals surface area contributed by atoms with E-state index >= 15 is 0 Å². The summed E-state index contributed by atoms with van der Waals surface area (Å²) in [5.74, 6) is 1.10. The average molecular weight is 697 g/mol. The lowest BCUT2D eigenvalue weighted by molar-refractivity contribution is -0.174. The fourth-order valence-electron chi connectivity index (χ4n) is 11.3. The summed E-state index contributed by atoms with van der Waals surface area (Å²) in [6.07, 6.45) is 13.8. The number of ether oxygens (including phenoxy) is 1. The third-order valence-corrected chi connectivity index (χ3v) is 14.9. The molecule has 6 aliphatic carbocycles. The molecule has 2 aromatic heterocycles. The number of Topliss-reactive ketones (excluding diaryl/α,β-unsaturated/α-hetero) is 1. The molecule has 2 amide bonds. The lowest BCUT2D eigenvalue weighted by Gasteiger charge is -2.71. The van der Waals surface area contributed by atoms with E-state index in [0.717, 1.165) is 37.7 Å². The Balaban J connectivity index is 1.15. The van der Waals surface area contributed by atoms with E-state index in [4.69, 9.17) is 9.15 Å². The molecule has 9 rings (SSSR count). The maximum Gasteiger partial charge on any atom is 0.321 e. The highest BCUT2D eigenvalue weighted by atomic mass is 32.1. The molecule has 2 heterocycles. The van der Waals surface area contributed by atoms with Crippen molar-refractivity contribution in [2.45, 2.75) is 76.9 Å². The van der Waals surface area contributed by atoms with Crippen molar-refractivity contribution in [3.63, 3.8) is 0 Å². The van der Waals surface area contributed by atoms with Gasteiger partial charge in [0.15, 0.2) is 5.76 Å². The van der Waals surface area contributed by atoms with E-state index in [1.807, 2.05) is 35.7 Å². The van der Waals surface area contributed by atoms with Crippen LogP contribution in [0.15, 0.2) is 88.4 Å². The number of anilines is 1. The number of nitrogens with zero attached hydrogens (tertiary/aromatic N) is 1. The summed E-state index contributed by atoms with van der Waals surface area (Å²) in [5, 5.41) is 29.1. The van der Waals surface area contributed by atoms with Gasteiger partial charge in [0.2, 0.25) is 5.78 Å². The molecule has 9 heteroatoms. The number of amides is 2. The van der Waals surface area contributed by atoms with Gasteiger partial charge < -0.3 is 29.6 Å². The Morgan fingerprint density at radius 1 is 1.00 bits per heavy atom. The molecule has 8 atom stereocenters. The van der Waals surface area contributed by atoms with E-state index in [-0.39, 0.29) is 35.6 Å². The largest absolute Gasteiger partial charge is 0.497 e. The van der Waals surface area contributed by atoms with Crippen molar-refractivity contribution in [2.75, 3.05) is 25.5 Å². The zero-order valence-corrected chi connectivity index (χ0v) is 30.0. The SMILES string of the molecule is COc1ccc(NC(=O)N(CCc2cccs2)C[C@]2(O)CC[C@H]3[C@]45C=C[C@@]6(C=C4C(=O)c4ccco4)CC(O)CC[C@]6(C)[C@H]5CC[C@@]32C)cc1. The van der Waals surface area contributed by atoms with Gasteiger partial charge in [0.25, 0.3) is 0 Å². The quantitative estimate of drug-likeness (QED) is 0.155. The Bertz CT molecular complexity index is 1820. The smallest absolute Gasteiger partial charge is 0.321 e. The number of aliphatic hydroxyl groups is 2. The van der Waals surface area contributed by atoms with Crippen LogP contribution in [0, 0.1) is 33.5 Å². The van der Waals surface area contributed by atoms with Gasteiger partial charge in [-0.05, 0) is 116 Å². The van der Waals surface area contributed by atoms with Gasteiger partial charge in [-0.25, -0.2) is 4.79 Å². The minimum Gasteiger partial charge on any atom is -0.497 e. The van der Waals surface area contributed by atoms with E-state index in [1.165, 1.54) is 4.88 Å². The maximum absolute atomic E-state index is 14.5. The van der Waals surface area contributed by atoms with Crippen LogP contribution in [0.5, 0.6) is 5.75 Å². The lowest BCUT2D eigenvalue weighted by Crippen LogP contribution is -2.67. The van der Waals surface area contributed by atoms with Crippen LogP contribution < -0.4 is 10.1 Å². The number of furan rings is 1. The lowest BCUT2D eigenvalue weighted by atomic mass is 9.32. The minimum absolute atomic E-state index is 0.0223. The van der Waals surface area contributed by atoms with Crippen LogP contribution in [-0.2, 0) is 6.42 Å². The molecule has 3 N–H and O–H groups in total. The molecular weight excluding hydrogens is 649 g/mol. The number of hydrogen-bond donors (Lipinski definition) is 3. The second-order valence-electron chi connectivity index (χ2n) is 16.0. The van der Waals surface area contributed by atoms with Crippen LogP contribution >= 0.6 is 11.3 Å². The molecule has 3 fully saturated rings. The van der Waals surface area contributed by atoms with Crippen LogP contribution in [0.4, 0.5) is 10.5 Å². The highest BCUT2D eigenvalue weighted by Gasteiger charge is 2.74. The first-order valence-corrected chi connectivity index (χ1v) is 19.0. The zero-order chi connectivity index (χ0) is 34.9. The first kappa shape index (κ1) is 33.5. The third-order valence-electron chi connectivity index (χ3n) is 14.0. The van der Waals surface area contributed by atoms with Crippen molar-refractivity contribution >= 4 is 28.8 Å². The number of rotatable bonds is 9. The van der Waals surface area contributed by atoms with Crippen molar-refractivity contribution in [3.05, 3.63) is 94.6 Å². The monoisotopic (exact) mass is 696 g/mol. The summed E-state index contributed by atoms with van der Waals surface area (Å²) < 4.78 is 11.0. The van der Waals surface area contributed by atoms with Gasteiger partial charge in [-0.15, -0.1) is 11.3 Å². The number of allylic oxidation sites excluding steroid dienone is 4. The first-order valence-electron chi connectivity index (χ1n) is 18.1. The van der Waals surface area contributed by atoms with Crippen LogP contribution in [0.1, 0.15) is 74.2 Å². The van der Waals surface area contributed by atoms with E-state index < -0.39 is 27.9 Å². The minimum atomic E-state index is -1.17. The Labute approximate surface area is 298 Å². The molecule has 2 bridgehead atoms. The van der Waals surface area contributed by atoms with Crippen molar-refractivity contribution in [3.8, 4) is 5.75 Å². The first-order chi connectivity index (χ1) is 24.0. The van der Waals surface area contributed by atoms with E-state index in [1.54, 1.807) is 41.7 Å². The molecule has 6 aliphatic rings. The standard InChI is InChI=1S/C41H48N2O6S/c1-37-16-12-28(44)24-39(37)19-20-41(31(25-39)35(45)32-7-4-22-49-32)33(37)13-17-38(2)34(41)14-18-40(38,47)26-43(21-15-30-6-5-23-50-30)36(46)42-27-8-10-29(48-3)11-9-27/h4-11,19-20,22-23,25,28,33-34,44,47H,12-18,21,24,26H2,1-3H3,(H,42,46)/t28?,33-,34-,37-,38+,39+,40-,41-/m1/s1. The van der Waals surface area contributed by atoms with E-state index in [0.29, 0.717) is 43.0 Å². The molecule has 3 saturated carbocycles. The summed E-state index contributed by atoms with van der Waals surface area (Å²) >= 11 is 1.67. The summed E-state index contributed by atoms with van der Waals surface area (Å²) in [6.45, 7) is 5.24. The van der Waals surface area contributed by atoms with Crippen LogP contribution in [0.2, 0.25) is 0 Å². The number of thiophene rings is 1. The average Bonchev–Trinajstić information content (AvgIpc) is 3.89. The number of benzene rings is 1. The van der Waals surface area contributed by atoms with Gasteiger partial charge in [-0.1, -0.05) is 38.1 Å². The topological polar surface area (TPSA) is 112 Å². The zero-order valence-electron chi connectivity index (χ0n) is 29.2. The molecule has 2 spiro atoms. The van der Waals surface area contributed by atoms with Gasteiger partial charge in [0, 0.05) is 38.9 Å². The van der Waals surface area contributed by atoms with E-state index in [9.17, 15) is 19.8 Å². The number of methoxy groups -OCH3 is 1. The van der Waals surface area contributed by atoms with Gasteiger partial charge in [0.05, 0.1) is 31.6 Å². The molecule has 50 heavy (non-hydrogen) atoms. The Kier molecular flexibility index (Phi) is 8.01. The molecule has 264 valence electrons. The predicted molar refractivity (Wildman–Crippen MR) is 193 cm³/mol. The summed E-state index contributed by atoms with van der Waals surface area (Å²) in [6, 6.07) is 14.6. The number of carbonyl (C=O) groups excluding carboxylic acids is 2. The number of urea groups is 1. The van der Waals surface area contributed by atoms with Crippen molar-refractivity contribution in [2.24, 2.45) is 33.5 Å². The normalized spacial score (nSPS) is 36.6. The third kappa shape index (κ3) is 4.83. The second kappa shape index (κ2) is 12.0. The van der Waals surface area contributed by atoms with Crippen molar-refractivity contribution in [1.82, 2.24) is 4.90 Å². The number of carbonyl (C=O) groups is 2. The number of aliphatic hydroxyl groups excluding tert-OH is 1. The van der Waals surface area contributed by atoms with Crippen molar-refractivity contribution in [1.29, 1.82) is 0 Å². The fourth-order valence-corrected chi connectivity index (χ4v) is 12.0. The number of nitrogens with one attached hydrogen (secondary N) is 1. The highest BCUT2D eigenvalue weighted by Crippen LogP contribution is 2.78. The molecule has 0 radical (unpaired) electrons.